The van der Waals surface area contributed by atoms with Crippen LogP contribution in [0, 0.1) is 11.3 Å². The van der Waals surface area contributed by atoms with Crippen molar-refractivity contribution in [3.05, 3.63) is 119 Å². The third-order valence-electron chi connectivity index (χ3n) is 24.7. The fourth-order valence-corrected chi connectivity index (χ4v) is 19.0. The Bertz CT molecular complexity index is 5250. The molecule has 22 N–H and O–H groups in total. The number of guanidine groups is 1. The van der Waals surface area contributed by atoms with Crippen LogP contribution in [0.5, 0.6) is 5.75 Å². The average Bonchev–Trinajstić information content (AvgIpc) is 1.58. The molecule has 3 fully saturated rings. The number of amides is 16. The zero-order chi connectivity index (χ0) is 99.4. The van der Waals surface area contributed by atoms with Gasteiger partial charge in [0, 0.05) is 99.0 Å². The maximum atomic E-state index is 15.9. The molecule has 2 unspecified atom stereocenters. The highest BCUT2D eigenvalue weighted by atomic mass is 32.2. The standard InChI is InChI=1S/C92H129N23O19S2/c1-10-12-24-71-84(128)103-62(23-18-34-98-91(95)96)80(124)109-70(79(123)100-44-76(94)120)47-135-48-77(121)102-66(37-54-28-30-58(118)31-29-54)86(130)111(7)53(6)78(122)105-68(41-75(93)119)88(132)114-35-19-26-72(114)85(129)104-63(40-57-43-97-50-101-57)81(125)106-65(36-51(3)4)89(133)115-52(5)32-33-92(115,49-117)110-64(38-55-42-99-61-22-16-14-20-59(55)61)82(126)108-69(45-116)83(127)107-67(39-56-46-136-74-27-17-15-21-60(56)74)87(131)113(9)73(25-13-11-2)90(134)112(71)8/h14-17,20-22,27-31,42-43,46,49-53,62-73,99,110,116,118H,10-13,18-19,23-26,32-41,44-45,47-48H2,1-9H3,(H2,93,119)(H2,94,120)(H,97,101)(H,100,123)(H,102,121)(H,103,128)(H,104,129)(H,105,122)(H,106,125)(H,107,127)(H,108,126)(H,109,124)(H4,95,96,98)/t52-,53-,62-,63-,64-,65-,66-,67-,68-,69-,70?,71-,72-,73-,92?/m0/s1. The van der Waals surface area contributed by atoms with Crippen molar-refractivity contribution in [3.8, 4) is 5.75 Å². The highest BCUT2D eigenvalue weighted by Gasteiger charge is 2.52. The Morgan fingerprint density at radius 1 is 0.610 bits per heavy atom. The first-order valence-corrected chi connectivity index (χ1v) is 47.8. The maximum Gasteiger partial charge on any atom is 0.247 e. The molecule has 0 saturated carbocycles. The van der Waals surface area contributed by atoms with Gasteiger partial charge in [-0.3, -0.25) is 92.2 Å². The molecule has 16 amide bonds. The van der Waals surface area contributed by atoms with Gasteiger partial charge in [-0.1, -0.05) is 102 Å². The second-order valence-electron chi connectivity index (χ2n) is 35.3. The molecule has 3 aromatic heterocycles. The lowest BCUT2D eigenvalue weighted by Crippen LogP contribution is -2.68. The summed E-state index contributed by atoms with van der Waals surface area (Å²) in [7, 11) is 3.95. The van der Waals surface area contributed by atoms with Gasteiger partial charge in [-0.2, -0.15) is 0 Å². The number of rotatable bonds is 27. The zero-order valence-electron chi connectivity index (χ0n) is 78.0. The van der Waals surface area contributed by atoms with Crippen molar-refractivity contribution in [1.29, 1.82) is 5.41 Å². The van der Waals surface area contributed by atoms with Gasteiger partial charge in [-0.05, 0) is 136 Å². The number of thiophene rings is 1. The summed E-state index contributed by atoms with van der Waals surface area (Å²) < 4.78 is 0.821. The van der Waals surface area contributed by atoms with Crippen LogP contribution in [-0.2, 0) is 107 Å². The molecule has 3 aliphatic heterocycles. The number of unbranched alkanes of at least 4 members (excludes halogenated alkanes) is 2. The number of hydrogen-bond donors (Lipinski definition) is 19. The van der Waals surface area contributed by atoms with Gasteiger partial charge < -0.3 is 115 Å². The molecule has 136 heavy (non-hydrogen) atoms. The highest BCUT2D eigenvalue weighted by Crippen LogP contribution is 2.35. The number of primary amides is 2. The molecule has 0 bridgehead atoms. The summed E-state index contributed by atoms with van der Waals surface area (Å²) in [5, 5.41) is 62.6. The van der Waals surface area contributed by atoms with Crippen LogP contribution in [0.1, 0.15) is 154 Å². The van der Waals surface area contributed by atoms with Gasteiger partial charge in [0.1, 0.15) is 78.3 Å². The Hall–Kier alpha value is -13.1. The maximum absolute atomic E-state index is 15.9. The monoisotopic (exact) mass is 1920 g/mol. The van der Waals surface area contributed by atoms with Gasteiger partial charge >= 0.3 is 0 Å². The van der Waals surface area contributed by atoms with E-state index in [-0.39, 0.29) is 108 Å². The lowest BCUT2D eigenvalue weighted by atomic mass is 9.98. The number of imidazole rings is 1. The molecule has 3 saturated heterocycles. The predicted octanol–water partition coefficient (Wildman–Crippen LogP) is -0.778. The Kier molecular flexibility index (Phi) is 39.5. The van der Waals surface area contributed by atoms with Crippen molar-refractivity contribution in [2.24, 2.45) is 23.1 Å². The average molecular weight is 1930 g/mol. The van der Waals surface area contributed by atoms with Crippen molar-refractivity contribution in [2.45, 2.75) is 247 Å². The van der Waals surface area contributed by atoms with Crippen molar-refractivity contribution in [2.75, 3.05) is 58.9 Å². The highest BCUT2D eigenvalue weighted by molar-refractivity contribution is 8.00. The minimum absolute atomic E-state index is 0.00470. The van der Waals surface area contributed by atoms with Crippen LogP contribution in [0.4, 0.5) is 0 Å². The number of carbonyl (C=O) groups is 17. The summed E-state index contributed by atoms with van der Waals surface area (Å²) in [5.74, 6) is -16.7. The minimum Gasteiger partial charge on any atom is -0.508 e. The topological polar surface area (TPSA) is 626 Å². The number of benzene rings is 3. The second-order valence-corrected chi connectivity index (χ2v) is 37.2. The van der Waals surface area contributed by atoms with Gasteiger partial charge in [-0.25, -0.2) is 4.98 Å². The fourth-order valence-electron chi connectivity index (χ4n) is 17.2. The largest absolute Gasteiger partial charge is 0.508 e. The third kappa shape index (κ3) is 28.7. The van der Waals surface area contributed by atoms with E-state index in [1.807, 2.05) is 32.0 Å². The lowest BCUT2D eigenvalue weighted by Gasteiger charge is -2.41. The number of phenolic OH excluding ortho intramolecular Hbond substituents is 1. The number of aromatic nitrogens is 3. The number of fused-ring (bicyclic) bond motifs is 4. The summed E-state index contributed by atoms with van der Waals surface area (Å²) in [5.41, 5.74) is 17.3. The Balaban J connectivity index is 1.12. The van der Waals surface area contributed by atoms with Gasteiger partial charge in [0.2, 0.25) is 94.5 Å². The molecule has 0 spiro atoms. The minimum atomic E-state index is -2.07. The van der Waals surface area contributed by atoms with E-state index in [4.69, 9.17) is 22.6 Å². The number of aliphatic hydroxyl groups excluding tert-OH is 1. The summed E-state index contributed by atoms with van der Waals surface area (Å²) in [6.07, 6.45) is 4.68. The zero-order valence-corrected chi connectivity index (χ0v) is 79.6. The van der Waals surface area contributed by atoms with Gasteiger partial charge in [-0.15, -0.1) is 23.1 Å². The summed E-state index contributed by atoms with van der Waals surface area (Å²) in [4.78, 5) is 268. The fraction of sp³-hybridized carbons (Fsp3) is 0.533. The van der Waals surface area contributed by atoms with E-state index < -0.39 is 222 Å². The molecule has 738 valence electrons. The number of nitrogens with one attached hydrogen (secondary N) is 14. The molecular formula is C92H129N23O19S2. The van der Waals surface area contributed by atoms with Crippen LogP contribution in [0.2, 0.25) is 0 Å². The molecule has 6 heterocycles. The number of thioether (sulfide) groups is 1. The number of aromatic amines is 2. The third-order valence-corrected chi connectivity index (χ3v) is 26.7. The van der Waals surface area contributed by atoms with Crippen molar-refractivity contribution < 1.29 is 91.7 Å². The van der Waals surface area contributed by atoms with E-state index in [2.05, 4.69) is 73.4 Å². The van der Waals surface area contributed by atoms with E-state index in [0.29, 0.717) is 65.3 Å². The quantitative estimate of drug-likeness (QED) is 0.0130. The van der Waals surface area contributed by atoms with Gasteiger partial charge in [0.25, 0.3) is 0 Å². The van der Waals surface area contributed by atoms with Crippen molar-refractivity contribution >= 4 is 151 Å². The number of H-pyrrole nitrogens is 2. The molecule has 0 radical (unpaired) electrons. The van der Waals surface area contributed by atoms with Crippen LogP contribution in [0.25, 0.3) is 21.0 Å². The first kappa shape index (κ1) is 107. The van der Waals surface area contributed by atoms with Gasteiger partial charge in [0.15, 0.2) is 17.9 Å². The van der Waals surface area contributed by atoms with Crippen LogP contribution in [0.3, 0.4) is 0 Å². The van der Waals surface area contributed by atoms with Gasteiger partial charge in [0.05, 0.1) is 37.7 Å². The van der Waals surface area contributed by atoms with E-state index in [1.54, 1.807) is 62.7 Å². The first-order chi connectivity index (χ1) is 64.8. The number of likely N-dealkylation sites (N-methyl/N-ethyl adjacent to an activating group) is 3. The van der Waals surface area contributed by atoms with Crippen LogP contribution in [0.15, 0.2) is 96.9 Å². The Labute approximate surface area is 796 Å². The molecular weight excluding hydrogens is 1800 g/mol. The Morgan fingerprint density at radius 3 is 1.88 bits per heavy atom. The summed E-state index contributed by atoms with van der Waals surface area (Å²) >= 11 is 2.13. The number of nitrogens with two attached hydrogens (primary N) is 3. The Morgan fingerprint density at radius 2 is 1.22 bits per heavy atom. The number of hydrogen-bond acceptors (Lipinski definition) is 24. The molecule has 44 heteroatoms. The van der Waals surface area contributed by atoms with E-state index in [1.165, 1.54) is 86.0 Å². The van der Waals surface area contributed by atoms with Crippen LogP contribution < -0.4 is 75.7 Å². The predicted molar refractivity (Wildman–Crippen MR) is 507 cm³/mol. The summed E-state index contributed by atoms with van der Waals surface area (Å²) in [6, 6.07) is -0.847. The number of para-hydroxylation sites is 1. The van der Waals surface area contributed by atoms with Crippen LogP contribution in [-0.4, -0.2) is 306 Å². The smallest absolute Gasteiger partial charge is 0.247 e. The molecule has 6 aromatic rings. The lowest BCUT2D eigenvalue weighted by molar-refractivity contribution is -0.149. The number of carbonyl (C=O) groups excluding carboxylic acids is 17. The van der Waals surface area contributed by atoms with Crippen molar-refractivity contribution in [1.82, 2.24) is 97.9 Å². The molecule has 9 rings (SSSR count). The molecule has 15 atom stereocenters. The van der Waals surface area contributed by atoms with Crippen LogP contribution >= 0.6 is 23.1 Å². The number of aldehydes is 1. The van der Waals surface area contributed by atoms with E-state index >= 15 is 38.4 Å². The molecule has 3 aliphatic rings. The second kappa shape index (κ2) is 50.5. The number of aromatic hydroxyl groups is 1. The molecule has 3 aromatic carbocycles. The summed E-state index contributed by atoms with van der Waals surface area (Å²) in [6.45, 7) is 8.30. The number of phenols is 1. The molecule has 42 nitrogen and oxygen atoms in total. The number of nitrogens with zero attached hydrogens (tertiary/aromatic N) is 6. The van der Waals surface area contributed by atoms with E-state index in [0.717, 1.165) is 36.5 Å². The molecule has 0 aliphatic carbocycles. The van der Waals surface area contributed by atoms with Crippen molar-refractivity contribution in [3.63, 3.8) is 0 Å². The number of aliphatic hydroxyl groups is 1. The normalized spacial score (nSPS) is 25.1. The SMILES string of the molecule is CCCC[C@H]1C(=O)N(C)[C@@H](CCCC)C(=O)N[C@@H](CCCNC(=N)N)C(=O)NC(C(=O)NCC(N)=O)CSCC(=O)N[C@@H](Cc2ccc(O)cc2)C(=O)N(C)[C@@H](C)C(=O)N[C@@H](CC(N)=O)C(=O)N2CCC[C@H]2C(=O)N[C@@H](Cc2cnc[nH]2)C(=O)N[C@@H](CC(C)C)C(=O)N2[C@@H](C)CCC2(C=O)N[C@@H](Cc2c[nH]c3ccccc23)C(=O)N[C@@H](CO)C(=O)N[C@@H](Cc2csc3ccccc23)C(=O)N1C. The first-order valence-electron chi connectivity index (χ1n) is 45.8. The van der Waals surface area contributed by atoms with E-state index in [9.17, 15) is 53.4 Å².